The molecule has 1 fully saturated rings. The van der Waals surface area contributed by atoms with Crippen molar-refractivity contribution in [3.8, 4) is 0 Å². The molecule has 146 valence electrons. The average Bonchev–Trinajstić information content (AvgIpc) is 3.22. The van der Waals surface area contributed by atoms with Gasteiger partial charge < -0.3 is 25.1 Å². The number of furan rings is 1. The topological polar surface area (TPSA) is 73.0 Å². The molecule has 0 aliphatic carbocycles. The van der Waals surface area contributed by atoms with Crippen molar-refractivity contribution < 1.29 is 9.52 Å². The van der Waals surface area contributed by atoms with Crippen LogP contribution in [0.15, 0.2) is 52.1 Å². The highest BCUT2D eigenvalue weighted by Crippen LogP contribution is 2.20. The number of nitrogens with one attached hydrogen (secondary N) is 2. The highest BCUT2D eigenvalue weighted by atomic mass is 16.4. The van der Waals surface area contributed by atoms with Crippen molar-refractivity contribution in [3.05, 3.63) is 54.0 Å². The molecule has 1 aliphatic rings. The second-order valence-electron chi connectivity index (χ2n) is 7.02. The number of hydrogen-bond donors (Lipinski definition) is 3. The van der Waals surface area contributed by atoms with E-state index in [1.165, 1.54) is 11.3 Å². The summed E-state index contributed by atoms with van der Waals surface area (Å²) >= 11 is 0. The van der Waals surface area contributed by atoms with Gasteiger partial charge in [-0.05, 0) is 51.0 Å². The molecule has 0 bridgehead atoms. The van der Waals surface area contributed by atoms with E-state index in [1.807, 2.05) is 6.92 Å². The number of aliphatic imine (C=N–C) groups is 1. The summed E-state index contributed by atoms with van der Waals surface area (Å²) in [6, 6.07) is 12.6. The molecule has 3 rings (SSSR count). The Morgan fingerprint density at radius 2 is 2.15 bits per heavy atom. The number of anilines is 1. The second kappa shape index (κ2) is 9.46. The lowest BCUT2D eigenvalue weighted by molar-refractivity contribution is 0.158. The molecular weight excluding hydrogens is 340 g/mol. The molecule has 2 atom stereocenters. The van der Waals surface area contributed by atoms with Crippen molar-refractivity contribution >= 4 is 11.6 Å². The lowest BCUT2D eigenvalue weighted by atomic mass is 10.0. The van der Waals surface area contributed by atoms with Crippen LogP contribution in [0.2, 0.25) is 0 Å². The van der Waals surface area contributed by atoms with Gasteiger partial charge in [-0.25, -0.2) is 0 Å². The van der Waals surface area contributed by atoms with Gasteiger partial charge in [0, 0.05) is 31.4 Å². The summed E-state index contributed by atoms with van der Waals surface area (Å²) in [6.45, 7) is 7.20. The van der Waals surface area contributed by atoms with Gasteiger partial charge in [0.25, 0.3) is 0 Å². The number of nitrogens with zero attached hydrogens (tertiary/aromatic N) is 2. The van der Waals surface area contributed by atoms with Crippen LogP contribution in [0, 0.1) is 6.92 Å². The van der Waals surface area contributed by atoms with Crippen molar-refractivity contribution in [1.29, 1.82) is 0 Å². The van der Waals surface area contributed by atoms with Crippen molar-refractivity contribution in [3.63, 3.8) is 0 Å². The maximum Gasteiger partial charge on any atom is 0.191 e. The van der Waals surface area contributed by atoms with Gasteiger partial charge in [0.15, 0.2) is 5.96 Å². The summed E-state index contributed by atoms with van der Waals surface area (Å²) < 4.78 is 5.24. The van der Waals surface area contributed by atoms with Gasteiger partial charge in [-0.3, -0.25) is 4.99 Å². The summed E-state index contributed by atoms with van der Waals surface area (Å²) in [5.74, 6) is 1.27. The Balaban J connectivity index is 1.59. The zero-order valence-corrected chi connectivity index (χ0v) is 16.2. The highest BCUT2D eigenvalue weighted by molar-refractivity contribution is 5.80. The Morgan fingerprint density at radius 1 is 1.33 bits per heavy atom. The van der Waals surface area contributed by atoms with Crippen LogP contribution < -0.4 is 15.5 Å². The quantitative estimate of drug-likeness (QED) is 0.539. The minimum atomic E-state index is -0.731. The average molecular weight is 370 g/mol. The molecule has 1 aromatic heterocycles. The number of rotatable bonds is 6. The van der Waals surface area contributed by atoms with Crippen LogP contribution in [0.3, 0.4) is 0 Å². The molecule has 3 N–H and O–H groups in total. The normalized spacial score (nSPS) is 19.0. The lowest BCUT2D eigenvalue weighted by Crippen LogP contribution is -2.51. The van der Waals surface area contributed by atoms with Crippen LogP contribution in [0.1, 0.15) is 37.2 Å². The van der Waals surface area contributed by atoms with Crippen molar-refractivity contribution in [2.24, 2.45) is 4.99 Å². The van der Waals surface area contributed by atoms with E-state index in [9.17, 15) is 5.11 Å². The SMILES string of the molecule is CCNC(=NCC(O)c1ccco1)NC1CCCN(c2ccc(C)cc2)C1. The number of aryl methyl sites for hydroxylation is 1. The van der Waals surface area contributed by atoms with Gasteiger partial charge in [0.05, 0.1) is 12.8 Å². The molecule has 0 saturated carbocycles. The minimum Gasteiger partial charge on any atom is -0.467 e. The smallest absolute Gasteiger partial charge is 0.191 e. The predicted octanol–water partition coefficient (Wildman–Crippen LogP) is 2.85. The van der Waals surface area contributed by atoms with E-state index in [-0.39, 0.29) is 6.54 Å². The Morgan fingerprint density at radius 3 is 2.85 bits per heavy atom. The molecule has 1 aliphatic heterocycles. The first-order valence-corrected chi connectivity index (χ1v) is 9.73. The standard InChI is InChI=1S/C21H30N4O2/c1-3-22-21(23-14-19(26)20-7-5-13-27-20)24-17-6-4-12-25(15-17)18-10-8-16(2)9-11-18/h5,7-11,13,17,19,26H,3-4,6,12,14-15H2,1-2H3,(H2,22,23,24). The summed E-state index contributed by atoms with van der Waals surface area (Å²) in [7, 11) is 0. The molecule has 0 amide bonds. The largest absolute Gasteiger partial charge is 0.467 e. The van der Waals surface area contributed by atoms with Crippen molar-refractivity contribution in [2.45, 2.75) is 38.8 Å². The fourth-order valence-corrected chi connectivity index (χ4v) is 3.35. The molecule has 27 heavy (non-hydrogen) atoms. The van der Waals surface area contributed by atoms with E-state index in [0.717, 1.165) is 38.4 Å². The fraction of sp³-hybridized carbons (Fsp3) is 0.476. The Labute approximate surface area is 161 Å². The number of benzene rings is 1. The van der Waals surface area contributed by atoms with E-state index >= 15 is 0 Å². The third kappa shape index (κ3) is 5.50. The van der Waals surface area contributed by atoms with Crippen LogP contribution in [-0.4, -0.2) is 43.3 Å². The third-order valence-electron chi connectivity index (χ3n) is 4.80. The van der Waals surface area contributed by atoms with E-state index in [4.69, 9.17) is 4.42 Å². The lowest BCUT2D eigenvalue weighted by Gasteiger charge is -2.35. The molecule has 2 heterocycles. The molecule has 2 aromatic rings. The summed E-state index contributed by atoms with van der Waals surface area (Å²) in [6.07, 6.45) is 3.08. The second-order valence-corrected chi connectivity index (χ2v) is 7.02. The number of piperidine rings is 1. The predicted molar refractivity (Wildman–Crippen MR) is 109 cm³/mol. The molecule has 6 heteroatoms. The first-order valence-electron chi connectivity index (χ1n) is 9.73. The summed E-state index contributed by atoms with van der Waals surface area (Å²) in [5, 5.41) is 17.0. The number of aliphatic hydroxyl groups excluding tert-OH is 1. The first kappa shape index (κ1) is 19.3. The van der Waals surface area contributed by atoms with Crippen molar-refractivity contribution in [1.82, 2.24) is 10.6 Å². The number of guanidine groups is 1. The fourth-order valence-electron chi connectivity index (χ4n) is 3.35. The molecule has 1 aromatic carbocycles. The molecule has 0 radical (unpaired) electrons. The van der Waals surface area contributed by atoms with E-state index in [1.54, 1.807) is 18.4 Å². The molecule has 6 nitrogen and oxygen atoms in total. The van der Waals surface area contributed by atoms with E-state index in [2.05, 4.69) is 51.7 Å². The van der Waals surface area contributed by atoms with Gasteiger partial charge in [-0.15, -0.1) is 0 Å². The monoisotopic (exact) mass is 370 g/mol. The van der Waals surface area contributed by atoms with Gasteiger partial charge in [-0.2, -0.15) is 0 Å². The summed E-state index contributed by atoms with van der Waals surface area (Å²) in [4.78, 5) is 6.96. The van der Waals surface area contributed by atoms with Crippen molar-refractivity contribution in [2.75, 3.05) is 31.1 Å². The Bertz CT molecular complexity index is 712. The number of hydrogen-bond acceptors (Lipinski definition) is 4. The van der Waals surface area contributed by atoms with Gasteiger partial charge in [-0.1, -0.05) is 17.7 Å². The minimum absolute atomic E-state index is 0.261. The van der Waals surface area contributed by atoms with E-state index < -0.39 is 6.10 Å². The zero-order chi connectivity index (χ0) is 19.1. The van der Waals surface area contributed by atoms with E-state index in [0.29, 0.717) is 11.8 Å². The maximum absolute atomic E-state index is 10.2. The first-order chi connectivity index (χ1) is 13.2. The molecule has 0 spiro atoms. The molecule has 2 unspecified atom stereocenters. The molecule has 1 saturated heterocycles. The number of aliphatic hydroxyl groups is 1. The van der Waals surface area contributed by atoms with Crippen LogP contribution in [0.25, 0.3) is 0 Å². The Hall–Kier alpha value is -2.47. The van der Waals surface area contributed by atoms with Crippen LogP contribution >= 0.6 is 0 Å². The molecular formula is C21H30N4O2. The van der Waals surface area contributed by atoms with Crippen LogP contribution in [0.5, 0.6) is 0 Å². The van der Waals surface area contributed by atoms with Gasteiger partial charge in [0.1, 0.15) is 11.9 Å². The maximum atomic E-state index is 10.2. The summed E-state index contributed by atoms with van der Waals surface area (Å²) in [5.41, 5.74) is 2.55. The third-order valence-corrected chi connectivity index (χ3v) is 4.80. The Kier molecular flexibility index (Phi) is 6.76. The zero-order valence-electron chi connectivity index (χ0n) is 16.2. The highest BCUT2D eigenvalue weighted by Gasteiger charge is 2.21. The van der Waals surface area contributed by atoms with Gasteiger partial charge >= 0.3 is 0 Å². The van der Waals surface area contributed by atoms with Crippen LogP contribution in [-0.2, 0) is 0 Å². The van der Waals surface area contributed by atoms with Crippen LogP contribution in [0.4, 0.5) is 5.69 Å². The van der Waals surface area contributed by atoms with Gasteiger partial charge in [0.2, 0.25) is 0 Å².